The number of hydrogen-bond acceptors (Lipinski definition) is 5. The first-order valence-electron chi connectivity index (χ1n) is 11.3. The smallest absolute Gasteiger partial charge is 0.229 e. The van der Waals surface area contributed by atoms with E-state index in [0.717, 1.165) is 44.0 Å². The van der Waals surface area contributed by atoms with Gasteiger partial charge in [0.05, 0.1) is 45.1 Å². The molecule has 1 aromatic carbocycles. The van der Waals surface area contributed by atoms with E-state index in [-0.39, 0.29) is 23.5 Å². The third-order valence-corrected chi connectivity index (χ3v) is 9.02. The topological polar surface area (TPSA) is 51.2 Å². The van der Waals surface area contributed by atoms with Gasteiger partial charge in [0.25, 0.3) is 0 Å². The quantitative estimate of drug-likeness (QED) is 0.704. The summed E-state index contributed by atoms with van der Waals surface area (Å²) in [5.74, 6) is 2.57. The van der Waals surface area contributed by atoms with Gasteiger partial charge in [0.15, 0.2) is 11.5 Å². The van der Waals surface area contributed by atoms with E-state index in [2.05, 4.69) is 21.9 Å². The molecular formula is C24H28N2O4. The standard InChI is InChI=1S/C24H28N2O4/c1-28-17-9-15-16(10-18(17)29-2)26-21(27)11-19-22-14-8-20-24(15,23(22)26)5-6-25(20)12-13(14)4-3-7-30-19/h4,9-10,14,19-20,22-23H,3,5-8,11-12H2,1-2H3/b13-4-/t14-,19-,20-,22-,23-,24+/m0/s1. The predicted molar refractivity (Wildman–Crippen MR) is 111 cm³/mol. The minimum absolute atomic E-state index is 0.0293. The van der Waals surface area contributed by atoms with Crippen molar-refractivity contribution in [3.8, 4) is 11.5 Å². The highest BCUT2D eigenvalue weighted by Gasteiger charge is 2.71. The van der Waals surface area contributed by atoms with Crippen molar-refractivity contribution in [1.29, 1.82) is 0 Å². The van der Waals surface area contributed by atoms with E-state index in [4.69, 9.17) is 14.2 Å². The number of piperidine rings is 2. The Bertz CT molecular complexity index is 990. The molecule has 6 aliphatic rings. The molecule has 30 heavy (non-hydrogen) atoms. The first-order valence-corrected chi connectivity index (χ1v) is 11.3. The summed E-state index contributed by atoms with van der Waals surface area (Å²) >= 11 is 0. The largest absolute Gasteiger partial charge is 0.493 e. The second-order valence-electron chi connectivity index (χ2n) is 9.81. The minimum Gasteiger partial charge on any atom is -0.493 e. The van der Waals surface area contributed by atoms with Gasteiger partial charge in [-0.25, -0.2) is 0 Å². The van der Waals surface area contributed by atoms with E-state index in [0.29, 0.717) is 30.0 Å². The summed E-state index contributed by atoms with van der Waals surface area (Å²) < 4.78 is 17.7. The van der Waals surface area contributed by atoms with Crippen molar-refractivity contribution in [2.75, 3.05) is 38.8 Å². The molecule has 7 rings (SSSR count). The van der Waals surface area contributed by atoms with Crippen LogP contribution in [0.5, 0.6) is 11.5 Å². The van der Waals surface area contributed by atoms with Crippen LogP contribution in [0.2, 0.25) is 0 Å². The van der Waals surface area contributed by atoms with Crippen LogP contribution in [-0.4, -0.2) is 62.9 Å². The average molecular weight is 408 g/mol. The Morgan fingerprint density at radius 3 is 2.87 bits per heavy atom. The molecule has 0 unspecified atom stereocenters. The van der Waals surface area contributed by atoms with E-state index >= 15 is 0 Å². The number of carbonyl (C=O) groups excluding carboxylic acids is 1. The number of hydrogen-bond donors (Lipinski definition) is 0. The van der Waals surface area contributed by atoms with Crippen molar-refractivity contribution in [2.45, 2.75) is 49.3 Å². The zero-order chi connectivity index (χ0) is 20.2. The van der Waals surface area contributed by atoms with Crippen LogP contribution in [0.15, 0.2) is 23.8 Å². The summed E-state index contributed by atoms with van der Waals surface area (Å²) in [5.41, 5.74) is 3.90. The molecule has 158 valence electrons. The van der Waals surface area contributed by atoms with Gasteiger partial charge in [-0.2, -0.15) is 0 Å². The molecule has 4 fully saturated rings. The lowest BCUT2D eigenvalue weighted by molar-refractivity contribution is -0.135. The molecule has 5 aliphatic heterocycles. The summed E-state index contributed by atoms with van der Waals surface area (Å²) in [6, 6.07) is 4.88. The molecule has 5 heterocycles. The summed E-state index contributed by atoms with van der Waals surface area (Å²) in [7, 11) is 3.37. The van der Waals surface area contributed by atoms with Crippen LogP contribution < -0.4 is 14.4 Å². The second-order valence-corrected chi connectivity index (χ2v) is 9.81. The van der Waals surface area contributed by atoms with Gasteiger partial charge in [0.1, 0.15) is 0 Å². The number of rotatable bonds is 2. The predicted octanol–water partition coefficient (Wildman–Crippen LogP) is 2.50. The van der Waals surface area contributed by atoms with Crippen LogP contribution in [0.4, 0.5) is 5.69 Å². The summed E-state index contributed by atoms with van der Waals surface area (Å²) in [6.07, 6.45) is 6.22. The number of ether oxygens (including phenoxy) is 3. The minimum atomic E-state index is -0.0293. The number of benzene rings is 1. The van der Waals surface area contributed by atoms with Crippen LogP contribution in [0, 0.1) is 11.8 Å². The van der Waals surface area contributed by atoms with E-state index in [1.54, 1.807) is 19.8 Å². The second kappa shape index (κ2) is 5.80. The third-order valence-electron chi connectivity index (χ3n) is 9.02. The highest BCUT2D eigenvalue weighted by Crippen LogP contribution is 2.66. The van der Waals surface area contributed by atoms with Gasteiger partial charge in [-0.05, 0) is 43.4 Å². The highest BCUT2D eigenvalue weighted by molar-refractivity contribution is 5.99. The van der Waals surface area contributed by atoms with Gasteiger partial charge in [0, 0.05) is 30.0 Å². The number of nitrogens with zero attached hydrogens (tertiary/aromatic N) is 2. The van der Waals surface area contributed by atoms with Gasteiger partial charge >= 0.3 is 0 Å². The molecule has 3 saturated heterocycles. The molecule has 0 aromatic heterocycles. The van der Waals surface area contributed by atoms with Crippen LogP contribution in [-0.2, 0) is 14.9 Å². The fourth-order valence-electron chi connectivity index (χ4n) is 8.06. The Kier molecular flexibility index (Phi) is 3.40. The number of methoxy groups -OCH3 is 2. The summed E-state index contributed by atoms with van der Waals surface area (Å²) in [4.78, 5) is 18.4. The molecule has 6 heteroatoms. The SMILES string of the molecule is COc1cc2c(cc1OC)[C@@]13CCN4C/C5=C/CCO[C@H]6CC(=O)N2[C@H]1[C@H]6[C@H]5C[C@H]43. The molecule has 1 aliphatic carbocycles. The Morgan fingerprint density at radius 1 is 1.20 bits per heavy atom. The fourth-order valence-corrected chi connectivity index (χ4v) is 8.06. The van der Waals surface area contributed by atoms with Crippen molar-refractivity contribution in [2.24, 2.45) is 11.8 Å². The number of anilines is 1. The Morgan fingerprint density at radius 2 is 2.03 bits per heavy atom. The monoisotopic (exact) mass is 408 g/mol. The normalized spacial score (nSPS) is 42.2. The Balaban J connectivity index is 1.51. The number of fused-ring (bicyclic) bond motifs is 2. The van der Waals surface area contributed by atoms with Gasteiger partial charge < -0.3 is 19.1 Å². The third kappa shape index (κ3) is 1.87. The molecule has 1 amide bonds. The van der Waals surface area contributed by atoms with Crippen LogP contribution in [0.1, 0.15) is 31.2 Å². The molecule has 1 aromatic rings. The van der Waals surface area contributed by atoms with Crippen LogP contribution in [0.25, 0.3) is 0 Å². The first-order chi connectivity index (χ1) is 14.7. The molecule has 2 bridgehead atoms. The van der Waals surface area contributed by atoms with Crippen molar-refractivity contribution >= 4 is 11.6 Å². The van der Waals surface area contributed by atoms with Crippen molar-refractivity contribution in [3.05, 3.63) is 29.3 Å². The van der Waals surface area contributed by atoms with Gasteiger partial charge in [-0.1, -0.05) is 11.6 Å². The van der Waals surface area contributed by atoms with E-state index in [1.807, 2.05) is 6.07 Å². The zero-order valence-corrected chi connectivity index (χ0v) is 17.6. The van der Waals surface area contributed by atoms with Gasteiger partial charge in [-0.3, -0.25) is 9.69 Å². The van der Waals surface area contributed by atoms with Gasteiger partial charge in [0.2, 0.25) is 5.91 Å². The summed E-state index contributed by atoms with van der Waals surface area (Å²) in [5, 5.41) is 0. The van der Waals surface area contributed by atoms with E-state index < -0.39 is 0 Å². The maximum atomic E-state index is 13.5. The molecule has 1 spiro atoms. The molecule has 1 saturated carbocycles. The van der Waals surface area contributed by atoms with Gasteiger partial charge in [-0.15, -0.1) is 0 Å². The van der Waals surface area contributed by atoms with E-state index in [1.165, 1.54) is 12.0 Å². The van der Waals surface area contributed by atoms with Crippen molar-refractivity contribution < 1.29 is 19.0 Å². The average Bonchev–Trinajstić information content (AvgIpc) is 3.28. The molecule has 0 radical (unpaired) electrons. The molecular weight excluding hydrogens is 380 g/mol. The van der Waals surface area contributed by atoms with E-state index in [9.17, 15) is 4.79 Å². The van der Waals surface area contributed by atoms with Crippen LogP contribution in [0.3, 0.4) is 0 Å². The Labute approximate surface area is 176 Å². The van der Waals surface area contributed by atoms with Crippen molar-refractivity contribution in [1.82, 2.24) is 4.90 Å². The lowest BCUT2D eigenvalue weighted by Crippen LogP contribution is -2.69. The maximum Gasteiger partial charge on any atom is 0.229 e. The molecule has 6 nitrogen and oxygen atoms in total. The molecule has 0 N–H and O–H groups in total. The fraction of sp³-hybridized carbons (Fsp3) is 0.625. The zero-order valence-electron chi connectivity index (χ0n) is 17.6. The highest BCUT2D eigenvalue weighted by atomic mass is 16.5. The maximum absolute atomic E-state index is 13.5. The molecule has 6 atom stereocenters. The summed E-state index contributed by atoms with van der Waals surface area (Å²) in [6.45, 7) is 2.91. The number of amides is 1. The first kappa shape index (κ1) is 17.6. The Hall–Kier alpha value is -2.05. The van der Waals surface area contributed by atoms with Crippen molar-refractivity contribution in [3.63, 3.8) is 0 Å². The van der Waals surface area contributed by atoms with Crippen LogP contribution >= 0.6 is 0 Å². The number of carbonyl (C=O) groups is 1. The lowest BCUT2D eigenvalue weighted by atomic mass is 9.53. The lowest BCUT2D eigenvalue weighted by Gasteiger charge is -2.59.